The van der Waals surface area contributed by atoms with Crippen LogP contribution in [-0.2, 0) is 0 Å². The van der Waals surface area contributed by atoms with Gasteiger partial charge < -0.3 is 20.0 Å². The molecule has 1 N–H and O–H groups in total. The lowest BCUT2D eigenvalue weighted by atomic mass is 10.00. The summed E-state index contributed by atoms with van der Waals surface area (Å²) in [6, 6.07) is 14.2. The fourth-order valence-electron chi connectivity index (χ4n) is 3.37. The van der Waals surface area contributed by atoms with E-state index in [0.29, 0.717) is 26.2 Å². The molecule has 1 saturated heterocycles. The number of amides is 4. The maximum atomic E-state index is 12.6. The van der Waals surface area contributed by atoms with Crippen molar-refractivity contribution >= 4 is 22.8 Å². The van der Waals surface area contributed by atoms with Crippen molar-refractivity contribution in [2.75, 3.05) is 40.3 Å². The lowest BCUT2D eigenvalue weighted by Gasteiger charge is -2.36. The van der Waals surface area contributed by atoms with Crippen LogP contribution >= 0.6 is 0 Å². The molecule has 1 heterocycles. The van der Waals surface area contributed by atoms with E-state index in [1.54, 1.807) is 28.8 Å². The van der Waals surface area contributed by atoms with E-state index in [-0.39, 0.29) is 18.1 Å². The van der Waals surface area contributed by atoms with Gasteiger partial charge in [0.15, 0.2) is 0 Å². The highest BCUT2D eigenvalue weighted by atomic mass is 16.2. The van der Waals surface area contributed by atoms with Gasteiger partial charge in [0.1, 0.15) is 0 Å². The van der Waals surface area contributed by atoms with Gasteiger partial charge in [0.25, 0.3) is 0 Å². The summed E-state index contributed by atoms with van der Waals surface area (Å²) in [4.78, 5) is 29.7. The molecule has 1 atom stereocenters. The van der Waals surface area contributed by atoms with Crippen LogP contribution in [0.4, 0.5) is 9.59 Å². The summed E-state index contributed by atoms with van der Waals surface area (Å²) in [5, 5.41) is 5.42. The summed E-state index contributed by atoms with van der Waals surface area (Å²) in [7, 11) is 3.49. The number of piperazine rings is 1. The minimum atomic E-state index is -0.0879. The Balaban J connectivity index is 1.62. The van der Waals surface area contributed by atoms with Gasteiger partial charge in [-0.2, -0.15) is 0 Å². The van der Waals surface area contributed by atoms with Crippen LogP contribution < -0.4 is 5.32 Å². The molecule has 1 fully saturated rings. The molecule has 6 nitrogen and oxygen atoms in total. The third-order valence-electron chi connectivity index (χ3n) is 4.85. The summed E-state index contributed by atoms with van der Waals surface area (Å²) in [6.07, 6.45) is 0. The highest BCUT2D eigenvalue weighted by Gasteiger charge is 2.25. The molecule has 0 aromatic heterocycles. The van der Waals surface area contributed by atoms with Crippen LogP contribution in [0.15, 0.2) is 42.5 Å². The summed E-state index contributed by atoms with van der Waals surface area (Å²) in [5.74, 6) is 0. The molecule has 1 aliphatic heterocycles. The largest absolute Gasteiger partial charge is 0.331 e. The van der Waals surface area contributed by atoms with Crippen LogP contribution in [0.5, 0.6) is 0 Å². The maximum Gasteiger partial charge on any atom is 0.319 e. The molecule has 0 radical (unpaired) electrons. The minimum Gasteiger partial charge on any atom is -0.331 e. The Bertz CT molecular complexity index is 792. The fourth-order valence-corrected chi connectivity index (χ4v) is 3.37. The van der Waals surface area contributed by atoms with Crippen LogP contribution in [-0.4, -0.2) is 67.0 Å². The lowest BCUT2D eigenvalue weighted by molar-refractivity contribution is 0.128. The second-order valence-electron chi connectivity index (χ2n) is 6.89. The summed E-state index contributed by atoms with van der Waals surface area (Å²) < 4.78 is 0. The van der Waals surface area contributed by atoms with Gasteiger partial charge >= 0.3 is 12.1 Å². The predicted molar refractivity (Wildman–Crippen MR) is 103 cm³/mol. The lowest BCUT2D eigenvalue weighted by Crippen LogP contribution is -2.55. The van der Waals surface area contributed by atoms with Crippen LogP contribution in [0.1, 0.15) is 18.5 Å². The van der Waals surface area contributed by atoms with E-state index in [9.17, 15) is 9.59 Å². The van der Waals surface area contributed by atoms with Gasteiger partial charge in [-0.15, -0.1) is 0 Å². The molecule has 26 heavy (non-hydrogen) atoms. The van der Waals surface area contributed by atoms with Crippen LogP contribution in [0, 0.1) is 0 Å². The van der Waals surface area contributed by atoms with E-state index < -0.39 is 0 Å². The molecule has 2 aromatic carbocycles. The van der Waals surface area contributed by atoms with Gasteiger partial charge in [-0.05, 0) is 23.3 Å². The molecule has 138 valence electrons. The monoisotopic (exact) mass is 354 g/mol. The molecule has 1 aliphatic rings. The predicted octanol–water partition coefficient (Wildman–Crippen LogP) is 2.91. The van der Waals surface area contributed by atoms with E-state index in [1.807, 2.05) is 25.1 Å². The topological polar surface area (TPSA) is 55.9 Å². The molecule has 0 spiro atoms. The van der Waals surface area contributed by atoms with Crippen molar-refractivity contribution in [1.82, 2.24) is 20.0 Å². The zero-order valence-electron chi connectivity index (χ0n) is 15.6. The Hall–Kier alpha value is -2.76. The molecule has 4 amide bonds. The molecule has 0 bridgehead atoms. The number of rotatable bonds is 2. The fraction of sp³-hybridized carbons (Fsp3) is 0.400. The quantitative estimate of drug-likeness (QED) is 0.901. The third kappa shape index (κ3) is 3.74. The molecule has 0 aliphatic carbocycles. The van der Waals surface area contributed by atoms with E-state index in [2.05, 4.69) is 29.6 Å². The van der Waals surface area contributed by atoms with Gasteiger partial charge in [0.2, 0.25) is 0 Å². The van der Waals surface area contributed by atoms with Crippen LogP contribution in [0.2, 0.25) is 0 Å². The molecular formula is C20H26N4O2. The number of urea groups is 2. The molecular weight excluding hydrogens is 328 g/mol. The first-order valence-electron chi connectivity index (χ1n) is 8.96. The van der Waals surface area contributed by atoms with Crippen molar-refractivity contribution in [2.24, 2.45) is 0 Å². The average Bonchev–Trinajstić information content (AvgIpc) is 2.66. The van der Waals surface area contributed by atoms with Gasteiger partial charge in [0, 0.05) is 40.3 Å². The number of nitrogens with zero attached hydrogens (tertiary/aromatic N) is 3. The standard InChI is InChI=1S/C20H26N4O2/c1-15(17-10-6-8-16-7-4-5-9-18(16)17)21-19(25)23-11-13-24(14-12-23)20(26)22(2)3/h4-10,15H,11-14H2,1-3H3,(H,21,25). The molecule has 2 aromatic rings. The summed E-state index contributed by atoms with van der Waals surface area (Å²) in [5.41, 5.74) is 1.11. The SMILES string of the molecule is CC(NC(=O)N1CCN(C(=O)N(C)C)CC1)c1cccc2ccccc12. The highest BCUT2D eigenvalue weighted by molar-refractivity contribution is 5.86. The molecule has 1 unspecified atom stereocenters. The maximum absolute atomic E-state index is 12.6. The molecule has 0 saturated carbocycles. The average molecular weight is 354 g/mol. The minimum absolute atomic E-state index is 0.00539. The van der Waals surface area contributed by atoms with Gasteiger partial charge in [0.05, 0.1) is 6.04 Å². The zero-order chi connectivity index (χ0) is 18.7. The van der Waals surface area contributed by atoms with E-state index in [0.717, 1.165) is 10.9 Å². The van der Waals surface area contributed by atoms with Gasteiger partial charge in [-0.3, -0.25) is 0 Å². The normalized spacial score (nSPS) is 15.7. The van der Waals surface area contributed by atoms with E-state index in [1.165, 1.54) is 5.39 Å². The smallest absolute Gasteiger partial charge is 0.319 e. The Kier molecular flexibility index (Phi) is 5.30. The summed E-state index contributed by atoms with van der Waals surface area (Å²) >= 11 is 0. The van der Waals surface area contributed by atoms with Gasteiger partial charge in [-0.1, -0.05) is 42.5 Å². The second kappa shape index (κ2) is 7.64. The number of carbonyl (C=O) groups excluding carboxylic acids is 2. The number of fused-ring (bicyclic) bond motifs is 1. The Morgan fingerprint density at radius 1 is 0.962 bits per heavy atom. The Morgan fingerprint density at radius 2 is 1.58 bits per heavy atom. The van der Waals surface area contributed by atoms with E-state index >= 15 is 0 Å². The number of nitrogens with one attached hydrogen (secondary N) is 1. The zero-order valence-corrected chi connectivity index (χ0v) is 15.6. The molecule has 6 heteroatoms. The van der Waals surface area contributed by atoms with Crippen molar-refractivity contribution in [2.45, 2.75) is 13.0 Å². The van der Waals surface area contributed by atoms with Gasteiger partial charge in [-0.25, -0.2) is 9.59 Å². The second-order valence-corrected chi connectivity index (χ2v) is 6.89. The molecule has 3 rings (SSSR count). The number of hydrogen-bond acceptors (Lipinski definition) is 2. The first-order valence-corrected chi connectivity index (χ1v) is 8.96. The van der Waals surface area contributed by atoms with Crippen molar-refractivity contribution < 1.29 is 9.59 Å². The van der Waals surface area contributed by atoms with Crippen LogP contribution in [0.25, 0.3) is 10.8 Å². The van der Waals surface area contributed by atoms with Crippen LogP contribution in [0.3, 0.4) is 0 Å². The third-order valence-corrected chi connectivity index (χ3v) is 4.85. The van der Waals surface area contributed by atoms with E-state index in [4.69, 9.17) is 0 Å². The van der Waals surface area contributed by atoms with Crippen molar-refractivity contribution in [3.8, 4) is 0 Å². The van der Waals surface area contributed by atoms with Crippen molar-refractivity contribution in [3.63, 3.8) is 0 Å². The highest BCUT2D eigenvalue weighted by Crippen LogP contribution is 2.24. The Morgan fingerprint density at radius 3 is 2.27 bits per heavy atom. The Labute approximate surface area is 154 Å². The number of benzene rings is 2. The first-order chi connectivity index (χ1) is 12.5. The van der Waals surface area contributed by atoms with Crippen molar-refractivity contribution in [1.29, 1.82) is 0 Å². The summed E-state index contributed by atoms with van der Waals surface area (Å²) in [6.45, 7) is 4.23. The number of hydrogen-bond donors (Lipinski definition) is 1. The first kappa shape index (κ1) is 18.0. The number of carbonyl (C=O) groups is 2. The van der Waals surface area contributed by atoms with Crippen molar-refractivity contribution in [3.05, 3.63) is 48.0 Å².